The number of pyridine rings is 2. The van der Waals surface area contributed by atoms with Gasteiger partial charge in [0.2, 0.25) is 0 Å². The Bertz CT molecular complexity index is 2390. The molecule has 5 nitrogen and oxygen atoms in total. The Balaban J connectivity index is 1.01. The van der Waals surface area contributed by atoms with Crippen LogP contribution in [0.15, 0.2) is 122 Å². The predicted molar refractivity (Wildman–Crippen MR) is 199 cm³/mol. The summed E-state index contributed by atoms with van der Waals surface area (Å²) in [5.74, 6) is 0.905. The lowest BCUT2D eigenvalue weighted by atomic mass is 10.1. The number of aryl methyl sites for hydroxylation is 4. The molecule has 0 radical (unpaired) electrons. The second-order valence-corrected chi connectivity index (χ2v) is 12.9. The quantitative estimate of drug-likeness (QED) is 0.131. The SMILES string of the molecule is Cc1nccc2c3ccc(OCCCCn4c5ccccc5c5ccnc(-c6ccccc6Cl)c54)cc3n(CCCc3ccccc3)c12. The van der Waals surface area contributed by atoms with Crippen molar-refractivity contribution in [2.45, 2.75) is 45.7 Å². The van der Waals surface area contributed by atoms with Gasteiger partial charge in [0.05, 0.1) is 39.6 Å². The van der Waals surface area contributed by atoms with Gasteiger partial charge in [0.15, 0.2) is 0 Å². The molecule has 8 aromatic rings. The number of unbranched alkanes of at least 4 members (excludes halogenated alkanes) is 1. The van der Waals surface area contributed by atoms with E-state index in [-0.39, 0.29) is 0 Å². The fourth-order valence-electron chi connectivity index (χ4n) is 7.25. The maximum absolute atomic E-state index is 6.67. The largest absolute Gasteiger partial charge is 0.494 e. The highest BCUT2D eigenvalue weighted by molar-refractivity contribution is 6.33. The minimum absolute atomic E-state index is 0.646. The summed E-state index contributed by atoms with van der Waals surface area (Å²) in [7, 11) is 0. The molecule has 0 aliphatic carbocycles. The van der Waals surface area contributed by atoms with Crippen LogP contribution >= 0.6 is 11.6 Å². The molecule has 0 aliphatic rings. The lowest BCUT2D eigenvalue weighted by Crippen LogP contribution is -2.04. The van der Waals surface area contributed by atoms with Crippen LogP contribution in [0.3, 0.4) is 0 Å². The van der Waals surface area contributed by atoms with Crippen molar-refractivity contribution in [2.24, 2.45) is 0 Å². The lowest BCUT2D eigenvalue weighted by molar-refractivity contribution is 0.304. The van der Waals surface area contributed by atoms with Crippen molar-refractivity contribution >= 4 is 55.2 Å². The molecule has 4 aromatic heterocycles. The summed E-state index contributed by atoms with van der Waals surface area (Å²) in [6, 6.07) is 38.1. The fraction of sp³-hybridized carbons (Fsp3) is 0.190. The molecule has 0 N–H and O–H groups in total. The zero-order chi connectivity index (χ0) is 32.5. The third-order valence-corrected chi connectivity index (χ3v) is 9.80. The van der Waals surface area contributed by atoms with Gasteiger partial charge in [-0.05, 0) is 74.6 Å². The molecule has 0 bridgehead atoms. The predicted octanol–water partition coefficient (Wildman–Crippen LogP) is 10.8. The second kappa shape index (κ2) is 13.2. The molecule has 0 unspecified atom stereocenters. The average Bonchev–Trinajstić information content (AvgIpc) is 3.62. The lowest BCUT2D eigenvalue weighted by Gasteiger charge is -2.12. The Morgan fingerprint density at radius 2 is 1.33 bits per heavy atom. The van der Waals surface area contributed by atoms with Crippen molar-refractivity contribution in [1.82, 2.24) is 19.1 Å². The Morgan fingerprint density at radius 3 is 2.21 bits per heavy atom. The minimum Gasteiger partial charge on any atom is -0.494 e. The number of ether oxygens (including phenoxy) is 1. The van der Waals surface area contributed by atoms with Crippen LogP contribution in [0.1, 0.15) is 30.5 Å². The average molecular weight is 649 g/mol. The van der Waals surface area contributed by atoms with Gasteiger partial charge in [0.25, 0.3) is 0 Å². The summed E-state index contributed by atoms with van der Waals surface area (Å²) in [6.07, 6.45) is 7.80. The van der Waals surface area contributed by atoms with Gasteiger partial charge in [-0.2, -0.15) is 0 Å². The van der Waals surface area contributed by atoms with Crippen LogP contribution in [-0.4, -0.2) is 25.7 Å². The van der Waals surface area contributed by atoms with Crippen LogP contribution in [0.2, 0.25) is 5.02 Å². The van der Waals surface area contributed by atoms with Crippen LogP contribution in [0.25, 0.3) is 54.9 Å². The van der Waals surface area contributed by atoms with Crippen LogP contribution in [-0.2, 0) is 19.5 Å². The maximum Gasteiger partial charge on any atom is 0.121 e. The second-order valence-electron chi connectivity index (χ2n) is 12.5. The molecule has 48 heavy (non-hydrogen) atoms. The van der Waals surface area contributed by atoms with Crippen molar-refractivity contribution in [2.75, 3.05) is 6.61 Å². The van der Waals surface area contributed by atoms with Gasteiger partial charge >= 0.3 is 0 Å². The van der Waals surface area contributed by atoms with Crippen LogP contribution in [0.5, 0.6) is 5.75 Å². The number of rotatable bonds is 11. The number of hydrogen-bond donors (Lipinski definition) is 0. The van der Waals surface area contributed by atoms with Crippen molar-refractivity contribution in [3.05, 3.63) is 138 Å². The molecule has 8 rings (SSSR count). The molecule has 0 saturated heterocycles. The molecule has 6 heteroatoms. The van der Waals surface area contributed by atoms with E-state index in [2.05, 4.69) is 112 Å². The van der Waals surface area contributed by atoms with Gasteiger partial charge < -0.3 is 13.9 Å². The van der Waals surface area contributed by atoms with E-state index in [4.69, 9.17) is 21.3 Å². The topological polar surface area (TPSA) is 44.9 Å². The van der Waals surface area contributed by atoms with Crippen LogP contribution < -0.4 is 4.74 Å². The first-order valence-electron chi connectivity index (χ1n) is 16.8. The highest BCUT2D eigenvalue weighted by Gasteiger charge is 2.18. The Morgan fingerprint density at radius 1 is 0.625 bits per heavy atom. The number of fused-ring (bicyclic) bond motifs is 6. The molecule has 0 atom stereocenters. The minimum atomic E-state index is 0.646. The van der Waals surface area contributed by atoms with E-state index in [1.165, 1.54) is 43.7 Å². The maximum atomic E-state index is 6.67. The number of nitrogens with zero attached hydrogens (tertiary/aromatic N) is 4. The normalized spacial score (nSPS) is 11.7. The molecule has 0 fully saturated rings. The summed E-state index contributed by atoms with van der Waals surface area (Å²) in [6.45, 7) is 4.54. The number of para-hydroxylation sites is 1. The first-order valence-corrected chi connectivity index (χ1v) is 17.2. The molecule has 4 aromatic carbocycles. The van der Waals surface area contributed by atoms with Crippen LogP contribution in [0.4, 0.5) is 0 Å². The third kappa shape index (κ3) is 5.58. The van der Waals surface area contributed by atoms with Crippen molar-refractivity contribution in [3.8, 4) is 17.0 Å². The van der Waals surface area contributed by atoms with Gasteiger partial charge in [0.1, 0.15) is 5.75 Å². The Labute approximate surface area is 285 Å². The van der Waals surface area contributed by atoms with Crippen molar-refractivity contribution < 1.29 is 4.74 Å². The van der Waals surface area contributed by atoms with E-state index in [0.29, 0.717) is 11.6 Å². The molecular formula is C42H37ClN4O. The highest BCUT2D eigenvalue weighted by atomic mass is 35.5. The molecule has 238 valence electrons. The van der Waals surface area contributed by atoms with Crippen molar-refractivity contribution in [1.29, 1.82) is 0 Å². The summed E-state index contributed by atoms with van der Waals surface area (Å²) >= 11 is 6.67. The molecular weight excluding hydrogens is 612 g/mol. The highest BCUT2D eigenvalue weighted by Crippen LogP contribution is 2.37. The zero-order valence-corrected chi connectivity index (χ0v) is 27.8. The molecule has 4 heterocycles. The summed E-state index contributed by atoms with van der Waals surface area (Å²) < 4.78 is 11.3. The van der Waals surface area contributed by atoms with E-state index >= 15 is 0 Å². The molecule has 0 saturated carbocycles. The molecule has 0 aliphatic heterocycles. The zero-order valence-electron chi connectivity index (χ0n) is 27.1. The number of benzene rings is 4. The van der Waals surface area contributed by atoms with E-state index in [1.807, 2.05) is 30.6 Å². The van der Waals surface area contributed by atoms with Gasteiger partial charge in [-0.3, -0.25) is 9.97 Å². The summed E-state index contributed by atoms with van der Waals surface area (Å²) in [4.78, 5) is 9.47. The third-order valence-electron chi connectivity index (χ3n) is 9.47. The van der Waals surface area contributed by atoms with E-state index < -0.39 is 0 Å². The number of hydrogen-bond acceptors (Lipinski definition) is 3. The van der Waals surface area contributed by atoms with Crippen molar-refractivity contribution in [3.63, 3.8) is 0 Å². The summed E-state index contributed by atoms with van der Waals surface area (Å²) in [5.41, 5.74) is 9.07. The number of aromatic nitrogens is 4. The smallest absolute Gasteiger partial charge is 0.121 e. The van der Waals surface area contributed by atoms with E-state index in [9.17, 15) is 0 Å². The standard InChI is InChI=1S/C42H37ClN4O/c1-29-41-34(21-23-44-29)33-20-19-31(28-39(33)47(41)26-11-14-30-12-3-2-4-13-30)48-27-10-9-25-46-38-18-8-6-15-32(38)35-22-24-45-40(42(35)46)36-16-5-7-17-37(36)43/h2-8,12-13,15-24,28H,9-11,14,25-27H2,1H3. The molecule has 0 spiro atoms. The Kier molecular flexibility index (Phi) is 8.29. The number of halogens is 1. The van der Waals surface area contributed by atoms with E-state index in [1.54, 1.807) is 0 Å². The first kappa shape index (κ1) is 30.2. The van der Waals surface area contributed by atoms with Crippen LogP contribution in [0, 0.1) is 6.92 Å². The van der Waals surface area contributed by atoms with Gasteiger partial charge in [-0.15, -0.1) is 0 Å². The fourth-order valence-corrected chi connectivity index (χ4v) is 7.48. The van der Waals surface area contributed by atoms with Gasteiger partial charge in [-0.1, -0.05) is 78.3 Å². The van der Waals surface area contributed by atoms with E-state index in [0.717, 1.165) is 67.0 Å². The van der Waals surface area contributed by atoms with Gasteiger partial charge in [0, 0.05) is 64.2 Å². The molecule has 0 amide bonds. The first-order chi connectivity index (χ1) is 23.7. The monoisotopic (exact) mass is 648 g/mol. The van der Waals surface area contributed by atoms with Gasteiger partial charge in [-0.25, -0.2) is 0 Å². The Hall–Kier alpha value is -5.13. The summed E-state index contributed by atoms with van der Waals surface area (Å²) in [5, 5.41) is 5.64.